The van der Waals surface area contributed by atoms with Gasteiger partial charge in [0.1, 0.15) is 12.8 Å². The van der Waals surface area contributed by atoms with Gasteiger partial charge in [-0.1, -0.05) is 11.8 Å². The van der Waals surface area contributed by atoms with Crippen LogP contribution in [0.25, 0.3) is 0 Å². The first-order chi connectivity index (χ1) is 5.74. The van der Waals surface area contributed by atoms with E-state index >= 15 is 0 Å². The minimum absolute atomic E-state index is 0.224. The van der Waals surface area contributed by atoms with Crippen LogP contribution in [0.5, 0.6) is 0 Å². The van der Waals surface area contributed by atoms with Gasteiger partial charge in [0.05, 0.1) is 5.57 Å². The maximum absolute atomic E-state index is 10.6. The van der Waals surface area contributed by atoms with Gasteiger partial charge in [0.15, 0.2) is 0 Å². The third-order valence-electron chi connectivity index (χ3n) is 1.29. The van der Waals surface area contributed by atoms with Crippen molar-refractivity contribution >= 4 is 6.03 Å². The minimum atomic E-state index is -0.585. The van der Waals surface area contributed by atoms with Crippen molar-refractivity contribution in [2.45, 2.75) is 6.17 Å². The minimum Gasteiger partial charge on any atom is -0.384 e. The molecule has 2 amide bonds. The average Bonchev–Trinajstić information content (AvgIpc) is 2.03. The largest absolute Gasteiger partial charge is 0.384 e. The number of hydrogen-bond acceptors (Lipinski definition) is 3. The summed E-state index contributed by atoms with van der Waals surface area (Å²) >= 11 is 0. The van der Waals surface area contributed by atoms with Crippen LogP contribution in [0.2, 0.25) is 0 Å². The van der Waals surface area contributed by atoms with E-state index in [-0.39, 0.29) is 12.6 Å². The number of aliphatic hydroxyl groups excluding tert-OH is 1. The molecule has 0 bridgehead atoms. The lowest BCUT2D eigenvalue weighted by atomic mass is 10.2. The Balaban J connectivity index is 2.70. The smallest absolute Gasteiger partial charge is 0.320 e. The van der Waals surface area contributed by atoms with Crippen molar-refractivity contribution < 1.29 is 9.90 Å². The molecule has 0 saturated carbocycles. The molecule has 1 atom stereocenters. The van der Waals surface area contributed by atoms with Crippen LogP contribution in [-0.2, 0) is 0 Å². The van der Waals surface area contributed by atoms with Crippen molar-refractivity contribution in [2.24, 2.45) is 5.73 Å². The van der Waals surface area contributed by atoms with Gasteiger partial charge in [-0.05, 0) is 0 Å². The number of nitrogens with one attached hydrogen (secondary N) is 2. The molecule has 5 heteroatoms. The van der Waals surface area contributed by atoms with Gasteiger partial charge in [0, 0.05) is 6.20 Å². The predicted octanol–water partition coefficient (Wildman–Crippen LogP) is -1.54. The Morgan fingerprint density at radius 1 is 1.75 bits per heavy atom. The SMILES string of the molecule is NC1NC(=O)NC=C1C#CCO. The molecule has 0 saturated heterocycles. The number of aliphatic hydroxyl groups is 1. The van der Waals surface area contributed by atoms with Crippen LogP contribution in [0, 0.1) is 11.8 Å². The van der Waals surface area contributed by atoms with E-state index in [1.807, 2.05) is 0 Å². The summed E-state index contributed by atoms with van der Waals surface area (Å²) in [5.41, 5.74) is 6.03. The Labute approximate surface area is 69.6 Å². The number of rotatable bonds is 0. The number of hydrogen-bond donors (Lipinski definition) is 4. The van der Waals surface area contributed by atoms with Crippen LogP contribution in [0.15, 0.2) is 11.8 Å². The zero-order chi connectivity index (χ0) is 8.97. The zero-order valence-corrected chi connectivity index (χ0v) is 6.29. The molecule has 5 N–H and O–H groups in total. The van der Waals surface area contributed by atoms with Gasteiger partial charge in [-0.3, -0.25) is 0 Å². The monoisotopic (exact) mass is 167 g/mol. The first-order valence-electron chi connectivity index (χ1n) is 3.36. The van der Waals surface area contributed by atoms with Crippen LogP contribution in [-0.4, -0.2) is 23.9 Å². The lowest BCUT2D eigenvalue weighted by Gasteiger charge is -2.18. The van der Waals surface area contributed by atoms with Gasteiger partial charge in [-0.15, -0.1) is 0 Å². The zero-order valence-electron chi connectivity index (χ0n) is 6.29. The second-order valence-electron chi connectivity index (χ2n) is 2.16. The summed E-state index contributed by atoms with van der Waals surface area (Å²) in [7, 11) is 0. The molecular weight excluding hydrogens is 158 g/mol. The molecule has 0 aliphatic carbocycles. The van der Waals surface area contributed by atoms with E-state index in [1.54, 1.807) is 0 Å². The van der Waals surface area contributed by atoms with Crippen molar-refractivity contribution in [3.63, 3.8) is 0 Å². The van der Waals surface area contributed by atoms with Crippen molar-refractivity contribution in [3.8, 4) is 11.8 Å². The first kappa shape index (κ1) is 8.59. The summed E-state index contributed by atoms with van der Waals surface area (Å²) in [5, 5.41) is 13.2. The number of nitrogens with two attached hydrogens (primary N) is 1. The number of carbonyl (C=O) groups is 1. The third kappa shape index (κ3) is 1.99. The van der Waals surface area contributed by atoms with E-state index in [0.29, 0.717) is 5.57 Å². The van der Waals surface area contributed by atoms with Gasteiger partial charge in [0.25, 0.3) is 0 Å². The molecule has 1 rings (SSSR count). The van der Waals surface area contributed by atoms with Crippen LogP contribution < -0.4 is 16.4 Å². The summed E-state index contributed by atoms with van der Waals surface area (Å²) in [6.07, 6.45) is 0.837. The molecule has 0 radical (unpaired) electrons. The van der Waals surface area contributed by atoms with E-state index in [0.717, 1.165) is 0 Å². The normalized spacial score (nSPS) is 21.3. The topological polar surface area (TPSA) is 87.4 Å². The summed E-state index contributed by atoms with van der Waals surface area (Å²) in [5.74, 6) is 5.03. The summed E-state index contributed by atoms with van der Waals surface area (Å²) < 4.78 is 0. The van der Waals surface area contributed by atoms with Crippen LogP contribution in [0.3, 0.4) is 0 Å². The van der Waals surface area contributed by atoms with E-state index < -0.39 is 6.17 Å². The lowest BCUT2D eigenvalue weighted by Crippen LogP contribution is -2.50. The molecule has 5 nitrogen and oxygen atoms in total. The number of urea groups is 1. The number of amides is 2. The highest BCUT2D eigenvalue weighted by Gasteiger charge is 2.14. The van der Waals surface area contributed by atoms with Crippen molar-refractivity contribution in [3.05, 3.63) is 11.8 Å². The molecule has 0 fully saturated rings. The highest BCUT2D eigenvalue weighted by Crippen LogP contribution is 1.97. The molecule has 0 aromatic carbocycles. The first-order valence-corrected chi connectivity index (χ1v) is 3.36. The Hall–Kier alpha value is -1.51. The lowest BCUT2D eigenvalue weighted by molar-refractivity contribution is 0.240. The predicted molar refractivity (Wildman–Crippen MR) is 42.6 cm³/mol. The third-order valence-corrected chi connectivity index (χ3v) is 1.29. The van der Waals surface area contributed by atoms with Gasteiger partial charge < -0.3 is 21.5 Å². The maximum atomic E-state index is 10.6. The quantitative estimate of drug-likeness (QED) is 0.330. The van der Waals surface area contributed by atoms with Crippen molar-refractivity contribution in [1.82, 2.24) is 10.6 Å². The van der Waals surface area contributed by atoms with Gasteiger partial charge in [-0.25, -0.2) is 4.79 Å². The molecule has 12 heavy (non-hydrogen) atoms. The molecular formula is C7H9N3O2. The van der Waals surface area contributed by atoms with Crippen LogP contribution >= 0.6 is 0 Å². The summed E-state index contributed by atoms with van der Waals surface area (Å²) in [4.78, 5) is 10.6. The highest BCUT2D eigenvalue weighted by atomic mass is 16.2. The Morgan fingerprint density at radius 2 is 2.50 bits per heavy atom. The second kappa shape index (κ2) is 3.76. The fourth-order valence-electron chi connectivity index (χ4n) is 0.749. The standard InChI is InChI=1S/C7H9N3O2/c8-6-5(2-1-3-11)4-9-7(12)10-6/h4,6,11H,3,8H2,(H2,9,10,12). The van der Waals surface area contributed by atoms with Gasteiger partial charge >= 0.3 is 6.03 Å². The molecule has 0 aromatic rings. The number of carbonyl (C=O) groups excluding carboxylic acids is 1. The van der Waals surface area contributed by atoms with E-state index in [9.17, 15) is 4.79 Å². The fraction of sp³-hybridized carbons (Fsp3) is 0.286. The van der Waals surface area contributed by atoms with Gasteiger partial charge in [0.2, 0.25) is 0 Å². The van der Waals surface area contributed by atoms with Crippen LogP contribution in [0.1, 0.15) is 0 Å². The molecule has 1 heterocycles. The van der Waals surface area contributed by atoms with E-state index in [2.05, 4.69) is 22.5 Å². The van der Waals surface area contributed by atoms with Crippen molar-refractivity contribution in [1.29, 1.82) is 0 Å². The molecule has 64 valence electrons. The van der Waals surface area contributed by atoms with Crippen molar-refractivity contribution in [2.75, 3.05) is 6.61 Å². The fourth-order valence-corrected chi connectivity index (χ4v) is 0.749. The summed E-state index contributed by atoms with van der Waals surface area (Å²) in [6, 6.07) is -0.350. The van der Waals surface area contributed by atoms with E-state index in [4.69, 9.17) is 10.8 Å². The second-order valence-corrected chi connectivity index (χ2v) is 2.16. The molecule has 1 aliphatic rings. The Kier molecular flexibility index (Phi) is 2.69. The Morgan fingerprint density at radius 3 is 3.08 bits per heavy atom. The highest BCUT2D eigenvalue weighted by molar-refractivity contribution is 5.77. The van der Waals surface area contributed by atoms with E-state index in [1.165, 1.54) is 6.20 Å². The van der Waals surface area contributed by atoms with Gasteiger partial charge in [-0.2, -0.15) is 0 Å². The molecule has 1 unspecified atom stereocenters. The average molecular weight is 167 g/mol. The van der Waals surface area contributed by atoms with Crippen LogP contribution in [0.4, 0.5) is 4.79 Å². The molecule has 0 aromatic heterocycles. The molecule has 0 spiro atoms. The maximum Gasteiger partial charge on any atom is 0.320 e. The molecule has 1 aliphatic heterocycles. The summed E-state index contributed by atoms with van der Waals surface area (Å²) in [6.45, 7) is -0.224. The Bertz CT molecular complexity index is 274.